The first-order valence-corrected chi connectivity index (χ1v) is 13.0. The molecule has 0 unspecified atom stereocenters. The van der Waals surface area contributed by atoms with Gasteiger partial charge in [0.15, 0.2) is 11.5 Å². The number of aromatic nitrogens is 1. The maximum Gasteiger partial charge on any atom is 0.296 e. The van der Waals surface area contributed by atoms with Crippen LogP contribution in [0.5, 0.6) is 23.0 Å². The number of benzene rings is 4. The molecule has 1 aromatic heterocycles. The number of rotatable bonds is 11. The van der Waals surface area contributed by atoms with Crippen molar-refractivity contribution in [3.63, 3.8) is 0 Å². The van der Waals surface area contributed by atoms with E-state index in [2.05, 4.69) is 5.32 Å². The first-order valence-electron chi connectivity index (χ1n) is 13.0. The smallest absolute Gasteiger partial charge is 0.296 e. The molecular formula is C33H30N2O6. The van der Waals surface area contributed by atoms with E-state index < -0.39 is 11.7 Å². The second kappa shape index (κ2) is 12.3. The lowest BCUT2D eigenvalue weighted by Gasteiger charge is -2.14. The summed E-state index contributed by atoms with van der Waals surface area (Å²) in [6, 6.07) is 28.4. The van der Waals surface area contributed by atoms with Crippen molar-refractivity contribution < 1.29 is 28.5 Å². The highest BCUT2D eigenvalue weighted by molar-refractivity contribution is 6.48. The molecule has 8 nitrogen and oxygen atoms in total. The number of carbonyl (C=O) groups is 2. The zero-order valence-electron chi connectivity index (χ0n) is 23.0. The number of anilines is 1. The quantitative estimate of drug-likeness (QED) is 0.158. The van der Waals surface area contributed by atoms with Crippen LogP contribution < -0.4 is 24.3 Å². The molecule has 41 heavy (non-hydrogen) atoms. The molecule has 0 spiro atoms. The number of nitrogens with one attached hydrogen (secondary N) is 1. The van der Waals surface area contributed by atoms with Gasteiger partial charge in [0.2, 0.25) is 5.75 Å². The summed E-state index contributed by atoms with van der Waals surface area (Å²) in [7, 11) is 4.45. The predicted octanol–water partition coefficient (Wildman–Crippen LogP) is 6.12. The van der Waals surface area contributed by atoms with Gasteiger partial charge in [-0.15, -0.1) is 0 Å². The van der Waals surface area contributed by atoms with Crippen LogP contribution in [0.1, 0.15) is 21.5 Å². The Morgan fingerprint density at radius 2 is 1.37 bits per heavy atom. The van der Waals surface area contributed by atoms with Gasteiger partial charge >= 0.3 is 0 Å². The summed E-state index contributed by atoms with van der Waals surface area (Å²) in [6.45, 7) is 0.853. The van der Waals surface area contributed by atoms with Crippen LogP contribution in [0.2, 0.25) is 0 Å². The Balaban J connectivity index is 1.50. The highest BCUT2D eigenvalue weighted by Crippen LogP contribution is 2.40. The molecule has 1 N–H and O–H groups in total. The average molecular weight is 551 g/mol. The second-order valence-corrected chi connectivity index (χ2v) is 9.28. The Morgan fingerprint density at radius 1 is 0.732 bits per heavy atom. The standard InChI is InChI=1S/C33H30N2O6/c1-38-28-17-24(18-29(39-2)32(28)40-3)34-33(37)31(36)26-20-35(19-22-11-6-4-7-12-22)30-25(26)15-10-16-27(30)41-21-23-13-8-5-9-14-23/h4-18,20H,19,21H2,1-3H3,(H,34,37). The van der Waals surface area contributed by atoms with Crippen molar-refractivity contribution in [2.75, 3.05) is 26.6 Å². The van der Waals surface area contributed by atoms with E-state index in [1.54, 1.807) is 18.3 Å². The van der Waals surface area contributed by atoms with Gasteiger partial charge in [0.05, 0.1) is 32.4 Å². The number of fused-ring (bicyclic) bond motifs is 1. The molecule has 8 heteroatoms. The van der Waals surface area contributed by atoms with Gasteiger partial charge in [-0.1, -0.05) is 72.8 Å². The Labute approximate surface area is 238 Å². The monoisotopic (exact) mass is 550 g/mol. The Bertz CT molecular complexity index is 1650. The molecule has 5 aromatic rings. The van der Waals surface area contributed by atoms with Crippen molar-refractivity contribution in [3.8, 4) is 23.0 Å². The molecule has 1 heterocycles. The van der Waals surface area contributed by atoms with E-state index in [-0.39, 0.29) is 5.56 Å². The van der Waals surface area contributed by atoms with Gasteiger partial charge in [0.25, 0.3) is 11.7 Å². The summed E-state index contributed by atoms with van der Waals surface area (Å²) in [5, 5.41) is 3.30. The third kappa shape index (κ3) is 5.86. The SMILES string of the molecule is COc1cc(NC(=O)C(=O)c2cn(Cc3ccccc3)c3c(OCc4ccccc4)cccc23)cc(OC)c1OC. The van der Waals surface area contributed by atoms with Crippen LogP contribution >= 0.6 is 0 Å². The average Bonchev–Trinajstić information content (AvgIpc) is 3.38. The molecule has 0 aliphatic carbocycles. The van der Waals surface area contributed by atoms with Gasteiger partial charge in [-0.25, -0.2) is 0 Å². The summed E-state index contributed by atoms with van der Waals surface area (Å²) in [4.78, 5) is 26.9. The first-order chi connectivity index (χ1) is 20.0. The van der Waals surface area contributed by atoms with Crippen molar-refractivity contribution in [2.24, 2.45) is 0 Å². The molecule has 5 rings (SSSR count). The van der Waals surface area contributed by atoms with Crippen LogP contribution in [-0.2, 0) is 17.9 Å². The van der Waals surface area contributed by atoms with Crippen molar-refractivity contribution in [1.29, 1.82) is 0 Å². The molecule has 0 aliphatic rings. The molecule has 0 fully saturated rings. The number of ether oxygens (including phenoxy) is 4. The molecule has 0 saturated heterocycles. The number of carbonyl (C=O) groups excluding carboxylic acids is 2. The number of hydrogen-bond acceptors (Lipinski definition) is 6. The molecule has 0 atom stereocenters. The Kier molecular flexibility index (Phi) is 8.20. The lowest BCUT2D eigenvalue weighted by Crippen LogP contribution is -2.22. The van der Waals surface area contributed by atoms with Gasteiger partial charge in [0, 0.05) is 35.9 Å². The zero-order chi connectivity index (χ0) is 28.8. The number of Topliss-reactive ketones (excluding diaryl/α,β-unsaturated/α-hetero) is 1. The first kappa shape index (κ1) is 27.3. The molecule has 1 amide bonds. The second-order valence-electron chi connectivity index (χ2n) is 9.28. The lowest BCUT2D eigenvalue weighted by molar-refractivity contribution is -0.112. The summed E-state index contributed by atoms with van der Waals surface area (Å²) in [5.41, 5.74) is 3.40. The third-order valence-corrected chi connectivity index (χ3v) is 6.67. The van der Waals surface area contributed by atoms with Crippen molar-refractivity contribution >= 4 is 28.3 Å². The van der Waals surface area contributed by atoms with Gasteiger partial charge in [-0.05, 0) is 17.2 Å². The molecule has 4 aromatic carbocycles. The third-order valence-electron chi connectivity index (χ3n) is 6.67. The van der Waals surface area contributed by atoms with Crippen LogP contribution in [0.25, 0.3) is 10.9 Å². The van der Waals surface area contributed by atoms with E-state index in [0.717, 1.165) is 16.6 Å². The summed E-state index contributed by atoms with van der Waals surface area (Å²) < 4.78 is 24.3. The van der Waals surface area contributed by atoms with Gasteiger partial charge in [0.1, 0.15) is 12.4 Å². The van der Waals surface area contributed by atoms with Gasteiger partial charge in [-0.2, -0.15) is 0 Å². The zero-order valence-corrected chi connectivity index (χ0v) is 23.0. The minimum absolute atomic E-state index is 0.269. The van der Waals surface area contributed by atoms with Crippen molar-refractivity contribution in [2.45, 2.75) is 13.2 Å². The van der Waals surface area contributed by atoms with Crippen LogP contribution in [0, 0.1) is 0 Å². The van der Waals surface area contributed by atoms with Crippen LogP contribution in [0.15, 0.2) is 97.2 Å². The maximum absolute atomic E-state index is 13.6. The molecule has 0 bridgehead atoms. The van der Waals surface area contributed by atoms with E-state index in [9.17, 15) is 9.59 Å². The fourth-order valence-corrected chi connectivity index (χ4v) is 4.73. The van der Waals surface area contributed by atoms with E-state index in [1.165, 1.54) is 21.3 Å². The topological polar surface area (TPSA) is 88.0 Å². The van der Waals surface area contributed by atoms with Crippen LogP contribution in [0.4, 0.5) is 5.69 Å². The Morgan fingerprint density at radius 3 is 1.98 bits per heavy atom. The van der Waals surface area contributed by atoms with E-state index in [1.807, 2.05) is 83.4 Å². The summed E-state index contributed by atoms with van der Waals surface area (Å²) in [6.07, 6.45) is 1.71. The van der Waals surface area contributed by atoms with Gasteiger partial charge in [-0.3, -0.25) is 9.59 Å². The molecule has 208 valence electrons. The van der Waals surface area contributed by atoms with E-state index in [4.69, 9.17) is 18.9 Å². The highest BCUT2D eigenvalue weighted by atomic mass is 16.5. The van der Waals surface area contributed by atoms with Crippen LogP contribution in [-0.4, -0.2) is 37.6 Å². The minimum Gasteiger partial charge on any atom is -0.493 e. The molecule has 0 aliphatic heterocycles. The largest absolute Gasteiger partial charge is 0.493 e. The van der Waals surface area contributed by atoms with E-state index >= 15 is 0 Å². The maximum atomic E-state index is 13.6. The highest BCUT2D eigenvalue weighted by Gasteiger charge is 2.25. The minimum atomic E-state index is -0.798. The normalized spacial score (nSPS) is 10.7. The number of para-hydroxylation sites is 1. The van der Waals surface area contributed by atoms with Gasteiger partial charge < -0.3 is 28.8 Å². The molecule has 0 radical (unpaired) electrons. The predicted molar refractivity (Wildman–Crippen MR) is 157 cm³/mol. The summed E-state index contributed by atoms with van der Waals surface area (Å²) in [5.74, 6) is 0.227. The molecule has 0 saturated carbocycles. The lowest BCUT2D eigenvalue weighted by atomic mass is 10.1. The fourth-order valence-electron chi connectivity index (χ4n) is 4.73. The molecular weight excluding hydrogens is 520 g/mol. The van der Waals surface area contributed by atoms with Crippen molar-refractivity contribution in [3.05, 3.63) is 114 Å². The van der Waals surface area contributed by atoms with Crippen molar-refractivity contribution in [1.82, 2.24) is 4.57 Å². The number of hydrogen-bond donors (Lipinski definition) is 1. The van der Waals surface area contributed by atoms with Crippen LogP contribution in [0.3, 0.4) is 0 Å². The number of nitrogens with zero attached hydrogens (tertiary/aromatic N) is 1. The number of methoxy groups -OCH3 is 3. The number of amides is 1. The Hall–Kier alpha value is -5.24. The number of ketones is 1. The fraction of sp³-hybridized carbons (Fsp3) is 0.152. The van der Waals surface area contributed by atoms with E-state index in [0.29, 0.717) is 47.2 Å². The summed E-state index contributed by atoms with van der Waals surface area (Å²) >= 11 is 0.